The van der Waals surface area contributed by atoms with E-state index >= 15 is 0 Å². The number of methoxy groups -OCH3 is 1. The number of carbonyl (C=O) groups is 2. The molecule has 0 aliphatic rings. The number of aromatic nitrogens is 2. The van der Waals surface area contributed by atoms with Gasteiger partial charge in [-0.1, -0.05) is 42.5 Å². The Morgan fingerprint density at radius 2 is 1.86 bits per heavy atom. The van der Waals surface area contributed by atoms with Gasteiger partial charge in [0.15, 0.2) is 5.69 Å². The first-order valence-electron chi connectivity index (χ1n) is 9.03. The van der Waals surface area contributed by atoms with Crippen LogP contribution in [0.15, 0.2) is 65.7 Å². The summed E-state index contributed by atoms with van der Waals surface area (Å²) in [7, 11) is 1.28. The second-order valence-electron chi connectivity index (χ2n) is 6.26. The van der Waals surface area contributed by atoms with E-state index in [9.17, 15) is 9.59 Å². The summed E-state index contributed by atoms with van der Waals surface area (Å²) in [6.45, 7) is 0.569. The molecule has 0 radical (unpaired) electrons. The molecule has 7 nitrogen and oxygen atoms in total. The van der Waals surface area contributed by atoms with Gasteiger partial charge in [0.1, 0.15) is 0 Å². The van der Waals surface area contributed by atoms with Gasteiger partial charge >= 0.3 is 5.97 Å². The van der Waals surface area contributed by atoms with E-state index in [4.69, 9.17) is 10.5 Å². The molecule has 1 amide bonds. The number of hydrogen-bond donors (Lipinski definition) is 2. The van der Waals surface area contributed by atoms with Gasteiger partial charge < -0.3 is 15.8 Å². The molecule has 0 saturated heterocycles. The molecule has 8 heteroatoms. The van der Waals surface area contributed by atoms with E-state index in [1.807, 2.05) is 48.5 Å². The largest absolute Gasteiger partial charge is 0.464 e. The van der Waals surface area contributed by atoms with E-state index in [1.165, 1.54) is 18.9 Å². The van der Waals surface area contributed by atoms with Crippen molar-refractivity contribution in [2.75, 3.05) is 23.9 Å². The van der Waals surface area contributed by atoms with Crippen molar-refractivity contribution < 1.29 is 14.3 Å². The zero-order valence-electron chi connectivity index (χ0n) is 16.0. The van der Waals surface area contributed by atoms with E-state index in [1.54, 1.807) is 16.9 Å². The highest BCUT2D eigenvalue weighted by atomic mass is 32.2. The third-order valence-electron chi connectivity index (χ3n) is 4.16. The van der Waals surface area contributed by atoms with Crippen molar-refractivity contribution in [3.05, 3.63) is 72.1 Å². The van der Waals surface area contributed by atoms with Gasteiger partial charge in [0, 0.05) is 23.3 Å². The number of nitrogens with zero attached hydrogens (tertiary/aromatic N) is 2. The molecule has 2 aromatic carbocycles. The third-order valence-corrected chi connectivity index (χ3v) is 5.25. The van der Waals surface area contributed by atoms with Crippen LogP contribution in [0.2, 0.25) is 0 Å². The van der Waals surface area contributed by atoms with Crippen LogP contribution in [-0.2, 0) is 22.5 Å². The first-order valence-corrected chi connectivity index (χ1v) is 10.0. The Hall–Kier alpha value is -3.26. The summed E-state index contributed by atoms with van der Waals surface area (Å²) in [5, 5.41) is 7.03. The van der Waals surface area contributed by atoms with Gasteiger partial charge in [-0.15, -0.1) is 11.8 Å². The fourth-order valence-corrected chi connectivity index (χ4v) is 3.47. The fraction of sp³-hybridized carbons (Fsp3) is 0.190. The van der Waals surface area contributed by atoms with Crippen molar-refractivity contribution in [1.29, 1.82) is 0 Å². The van der Waals surface area contributed by atoms with Crippen molar-refractivity contribution in [3.63, 3.8) is 0 Å². The number of carbonyl (C=O) groups excluding carboxylic acids is 2. The number of nitrogens with two attached hydrogens (primary N) is 1. The molecule has 3 rings (SSSR count). The summed E-state index contributed by atoms with van der Waals surface area (Å²) in [5.41, 5.74) is 8.09. The molecule has 1 heterocycles. The van der Waals surface area contributed by atoms with Crippen LogP contribution in [0.25, 0.3) is 0 Å². The lowest BCUT2D eigenvalue weighted by molar-refractivity contribution is -0.113. The Morgan fingerprint density at radius 3 is 2.59 bits per heavy atom. The topological polar surface area (TPSA) is 99.2 Å². The lowest BCUT2D eigenvalue weighted by Crippen LogP contribution is -2.16. The molecule has 0 aliphatic heterocycles. The summed E-state index contributed by atoms with van der Waals surface area (Å²) in [6.07, 6.45) is 2.40. The number of rotatable bonds is 8. The molecule has 0 unspecified atom stereocenters. The van der Waals surface area contributed by atoms with E-state index < -0.39 is 5.97 Å². The van der Waals surface area contributed by atoms with Crippen molar-refractivity contribution in [3.8, 4) is 0 Å². The predicted octanol–water partition coefficient (Wildman–Crippen LogP) is 3.23. The van der Waals surface area contributed by atoms with E-state index in [0.717, 1.165) is 16.9 Å². The molecular weight excluding hydrogens is 388 g/mol. The SMILES string of the molecule is COC(=O)c1nn(CCc2ccccc2)cc1NC(=O)CSc1ccccc1N. The molecule has 0 atom stereocenters. The molecule has 0 fully saturated rings. The van der Waals surface area contributed by atoms with Crippen LogP contribution in [0.3, 0.4) is 0 Å². The van der Waals surface area contributed by atoms with Crippen LogP contribution in [0.5, 0.6) is 0 Å². The highest BCUT2D eigenvalue weighted by molar-refractivity contribution is 8.00. The number of amides is 1. The van der Waals surface area contributed by atoms with Gasteiger partial charge in [-0.2, -0.15) is 5.10 Å². The first kappa shape index (κ1) is 20.5. The van der Waals surface area contributed by atoms with Gasteiger partial charge in [-0.05, 0) is 24.1 Å². The van der Waals surface area contributed by atoms with Gasteiger partial charge in [0.2, 0.25) is 5.91 Å². The summed E-state index contributed by atoms with van der Waals surface area (Å²) in [6, 6.07) is 17.3. The summed E-state index contributed by atoms with van der Waals surface area (Å²) in [4.78, 5) is 25.3. The molecular formula is C21H22N4O3S. The molecule has 0 saturated carbocycles. The second kappa shape index (κ2) is 9.79. The Labute approximate surface area is 173 Å². The number of nitrogens with one attached hydrogen (secondary N) is 1. The van der Waals surface area contributed by atoms with Gasteiger partial charge in [0.25, 0.3) is 0 Å². The number of ether oxygens (including phenoxy) is 1. The van der Waals surface area contributed by atoms with Crippen LogP contribution in [-0.4, -0.2) is 34.5 Å². The van der Waals surface area contributed by atoms with Crippen LogP contribution in [0, 0.1) is 0 Å². The van der Waals surface area contributed by atoms with Crippen LogP contribution < -0.4 is 11.1 Å². The molecule has 0 bridgehead atoms. The summed E-state index contributed by atoms with van der Waals surface area (Å²) < 4.78 is 6.43. The maximum atomic E-state index is 12.4. The zero-order chi connectivity index (χ0) is 20.6. The number of anilines is 2. The van der Waals surface area contributed by atoms with Gasteiger partial charge in [0.05, 0.1) is 18.6 Å². The smallest absolute Gasteiger partial charge is 0.360 e. The molecule has 0 spiro atoms. The minimum Gasteiger partial charge on any atom is -0.464 e. The second-order valence-corrected chi connectivity index (χ2v) is 7.27. The average Bonchev–Trinajstić information content (AvgIpc) is 3.14. The minimum atomic E-state index is -0.598. The number of nitrogen functional groups attached to an aromatic ring is 1. The van der Waals surface area contributed by atoms with Crippen LogP contribution in [0.1, 0.15) is 16.1 Å². The van der Waals surface area contributed by atoms with Crippen molar-refractivity contribution in [2.24, 2.45) is 0 Å². The Bertz CT molecular complexity index is 989. The molecule has 150 valence electrons. The molecule has 0 aliphatic carbocycles. The van der Waals surface area contributed by atoms with E-state index in [0.29, 0.717) is 17.9 Å². The monoisotopic (exact) mass is 410 g/mol. The maximum absolute atomic E-state index is 12.4. The van der Waals surface area contributed by atoms with Crippen LogP contribution in [0.4, 0.5) is 11.4 Å². The maximum Gasteiger partial charge on any atom is 0.360 e. The standard InChI is InChI=1S/C21H22N4O3S/c1-28-21(27)20-17(13-25(24-20)12-11-15-7-3-2-4-8-15)23-19(26)14-29-18-10-6-5-9-16(18)22/h2-10,13H,11-12,14,22H2,1H3,(H,23,26). The van der Waals surface area contributed by atoms with Gasteiger partial charge in [-0.25, -0.2) is 4.79 Å². The molecule has 29 heavy (non-hydrogen) atoms. The quantitative estimate of drug-likeness (QED) is 0.336. The normalized spacial score (nSPS) is 10.5. The number of esters is 1. The van der Waals surface area contributed by atoms with Crippen molar-refractivity contribution in [1.82, 2.24) is 9.78 Å². The van der Waals surface area contributed by atoms with Crippen LogP contribution >= 0.6 is 11.8 Å². The minimum absolute atomic E-state index is 0.0816. The Balaban J connectivity index is 1.66. The zero-order valence-corrected chi connectivity index (χ0v) is 16.8. The fourth-order valence-electron chi connectivity index (χ4n) is 2.70. The molecule has 1 aromatic heterocycles. The lowest BCUT2D eigenvalue weighted by Gasteiger charge is -2.06. The summed E-state index contributed by atoms with van der Waals surface area (Å²) in [5.74, 6) is -0.700. The third kappa shape index (κ3) is 5.61. The number of aryl methyl sites for hydroxylation is 2. The van der Waals surface area contributed by atoms with E-state index in [2.05, 4.69) is 10.4 Å². The molecule has 3 N–H and O–H groups in total. The highest BCUT2D eigenvalue weighted by Crippen LogP contribution is 2.24. The number of para-hydroxylation sites is 1. The van der Waals surface area contributed by atoms with Crippen molar-refractivity contribution in [2.45, 2.75) is 17.9 Å². The Kier molecular flexibility index (Phi) is 6.91. The predicted molar refractivity (Wildman–Crippen MR) is 114 cm³/mol. The highest BCUT2D eigenvalue weighted by Gasteiger charge is 2.19. The molecule has 3 aromatic rings. The average molecular weight is 410 g/mol. The summed E-state index contributed by atoms with van der Waals surface area (Å²) >= 11 is 1.33. The number of hydrogen-bond acceptors (Lipinski definition) is 6. The van der Waals surface area contributed by atoms with Gasteiger partial charge in [-0.3, -0.25) is 9.48 Å². The first-order chi connectivity index (χ1) is 14.1. The number of thioether (sulfide) groups is 1. The van der Waals surface area contributed by atoms with E-state index in [-0.39, 0.29) is 17.4 Å². The van der Waals surface area contributed by atoms with Crippen molar-refractivity contribution >= 4 is 35.0 Å². The Morgan fingerprint density at radius 1 is 1.14 bits per heavy atom. The number of benzene rings is 2. The lowest BCUT2D eigenvalue weighted by atomic mass is 10.1.